The van der Waals surface area contributed by atoms with Gasteiger partial charge in [0.15, 0.2) is 0 Å². The van der Waals surface area contributed by atoms with Gasteiger partial charge >= 0.3 is 0 Å². The molecule has 7 heteroatoms. The number of aryl methyl sites for hydroxylation is 1. The fourth-order valence-corrected chi connectivity index (χ4v) is 5.12. The molecule has 34 heavy (non-hydrogen) atoms. The van der Waals surface area contributed by atoms with E-state index in [0.29, 0.717) is 24.3 Å². The number of carbonyl (C=O) groups is 2. The number of hydrogen-bond acceptors (Lipinski definition) is 4. The summed E-state index contributed by atoms with van der Waals surface area (Å²) in [5.41, 5.74) is 5.41. The van der Waals surface area contributed by atoms with Crippen molar-refractivity contribution in [3.8, 4) is 6.07 Å². The second-order valence-corrected chi connectivity index (χ2v) is 9.93. The number of amides is 2. The normalized spacial score (nSPS) is 18.8. The van der Waals surface area contributed by atoms with Crippen molar-refractivity contribution in [3.63, 3.8) is 0 Å². The smallest absolute Gasteiger partial charge is 0.232 e. The summed E-state index contributed by atoms with van der Waals surface area (Å²) in [5, 5.41) is 13.4. The molecular weight excluding hydrogens is 426 g/mol. The third kappa shape index (κ3) is 3.86. The van der Waals surface area contributed by atoms with Crippen LogP contribution in [-0.2, 0) is 28.5 Å². The Hall–Kier alpha value is -3.92. The van der Waals surface area contributed by atoms with Gasteiger partial charge in [0.1, 0.15) is 0 Å². The Kier molecular flexibility index (Phi) is 5.24. The molecule has 0 saturated carbocycles. The minimum absolute atomic E-state index is 0.0147. The van der Waals surface area contributed by atoms with Crippen LogP contribution in [0.2, 0.25) is 0 Å². The van der Waals surface area contributed by atoms with Crippen molar-refractivity contribution < 1.29 is 9.59 Å². The van der Waals surface area contributed by atoms with Crippen LogP contribution in [0.1, 0.15) is 42.5 Å². The van der Waals surface area contributed by atoms with E-state index < -0.39 is 5.92 Å². The lowest BCUT2D eigenvalue weighted by atomic mass is 9.85. The molecule has 1 fully saturated rings. The quantitative estimate of drug-likeness (QED) is 0.605. The molecule has 7 nitrogen and oxygen atoms in total. The van der Waals surface area contributed by atoms with Crippen molar-refractivity contribution in [1.82, 2.24) is 9.78 Å². The van der Waals surface area contributed by atoms with E-state index in [1.54, 1.807) is 27.8 Å². The van der Waals surface area contributed by atoms with E-state index in [4.69, 9.17) is 0 Å². The number of aromatic nitrogens is 2. The molecule has 3 aromatic rings. The van der Waals surface area contributed by atoms with E-state index in [2.05, 4.69) is 37.1 Å². The fraction of sp³-hybridized carbons (Fsp3) is 0.333. The van der Waals surface area contributed by atoms with Gasteiger partial charge in [-0.2, -0.15) is 10.4 Å². The number of benzene rings is 2. The molecule has 2 amide bonds. The van der Waals surface area contributed by atoms with Crippen LogP contribution in [0, 0.1) is 17.2 Å². The van der Waals surface area contributed by atoms with Crippen molar-refractivity contribution in [2.24, 2.45) is 13.0 Å². The zero-order valence-corrected chi connectivity index (χ0v) is 19.7. The third-order valence-electron chi connectivity index (χ3n) is 6.83. The second kappa shape index (κ2) is 8.14. The van der Waals surface area contributed by atoms with Crippen molar-refractivity contribution in [1.29, 1.82) is 5.26 Å². The van der Waals surface area contributed by atoms with Crippen LogP contribution in [0.4, 0.5) is 11.4 Å². The Balaban J connectivity index is 1.37. The molecule has 1 saturated heterocycles. The number of anilines is 2. The van der Waals surface area contributed by atoms with Gasteiger partial charge in [0, 0.05) is 56.0 Å². The topological polar surface area (TPSA) is 82.2 Å². The van der Waals surface area contributed by atoms with E-state index in [-0.39, 0.29) is 23.7 Å². The van der Waals surface area contributed by atoms with Crippen LogP contribution in [0.5, 0.6) is 0 Å². The number of nitriles is 1. The van der Waals surface area contributed by atoms with Gasteiger partial charge in [0.05, 0.1) is 23.7 Å². The van der Waals surface area contributed by atoms with Crippen LogP contribution in [0.3, 0.4) is 0 Å². The molecule has 2 aliphatic rings. The number of nitrogens with zero attached hydrogens (tertiary/aromatic N) is 5. The highest BCUT2D eigenvalue weighted by atomic mass is 16.2. The maximum Gasteiger partial charge on any atom is 0.232 e. The van der Waals surface area contributed by atoms with E-state index in [0.717, 1.165) is 23.2 Å². The summed E-state index contributed by atoms with van der Waals surface area (Å²) in [7, 11) is 1.91. The van der Waals surface area contributed by atoms with Gasteiger partial charge in [0.25, 0.3) is 0 Å². The Morgan fingerprint density at radius 1 is 1.21 bits per heavy atom. The molecule has 1 atom stereocenters. The summed E-state index contributed by atoms with van der Waals surface area (Å²) in [6.07, 6.45) is 4.87. The van der Waals surface area contributed by atoms with E-state index in [1.165, 1.54) is 5.56 Å². The van der Waals surface area contributed by atoms with Crippen LogP contribution in [0.25, 0.3) is 0 Å². The summed E-state index contributed by atoms with van der Waals surface area (Å²) in [6.45, 7) is 5.24. The molecule has 1 unspecified atom stereocenters. The maximum atomic E-state index is 13.6. The summed E-state index contributed by atoms with van der Waals surface area (Å²) < 4.78 is 1.80. The van der Waals surface area contributed by atoms with Gasteiger partial charge in [-0.25, -0.2) is 0 Å². The Labute approximate surface area is 199 Å². The van der Waals surface area contributed by atoms with Gasteiger partial charge in [-0.3, -0.25) is 14.3 Å². The number of rotatable bonds is 4. The second-order valence-electron chi connectivity index (χ2n) is 9.93. The summed E-state index contributed by atoms with van der Waals surface area (Å²) in [5.74, 6) is -0.506. The van der Waals surface area contributed by atoms with E-state index >= 15 is 0 Å². The molecule has 2 aromatic carbocycles. The summed E-state index contributed by atoms with van der Waals surface area (Å²) in [6, 6.07) is 15.4. The zero-order chi connectivity index (χ0) is 24.0. The highest BCUT2D eigenvalue weighted by Crippen LogP contribution is 2.42. The number of hydrogen-bond donors (Lipinski definition) is 0. The first-order valence-corrected chi connectivity index (χ1v) is 11.5. The first kappa shape index (κ1) is 21.9. The Morgan fingerprint density at radius 3 is 2.76 bits per heavy atom. The maximum absolute atomic E-state index is 13.6. The molecule has 0 spiro atoms. The third-order valence-corrected chi connectivity index (χ3v) is 6.83. The first-order chi connectivity index (χ1) is 16.2. The van der Waals surface area contributed by atoms with Crippen molar-refractivity contribution in [2.75, 3.05) is 22.9 Å². The SMILES string of the molecule is Cn1cc(Cc2ccc3c(c2)C(C)(C)CN3C(=O)C2CC(=O)N(c3cccc(C#N)c3)C2)cn1. The summed E-state index contributed by atoms with van der Waals surface area (Å²) >= 11 is 0. The molecule has 0 aliphatic carbocycles. The molecular formula is C27H27N5O2. The van der Waals surface area contributed by atoms with Crippen molar-refractivity contribution in [2.45, 2.75) is 32.1 Å². The molecule has 5 rings (SSSR count). The van der Waals surface area contributed by atoms with Crippen LogP contribution < -0.4 is 9.80 Å². The average Bonchev–Trinajstić information content (AvgIpc) is 3.49. The van der Waals surface area contributed by atoms with E-state index in [9.17, 15) is 14.9 Å². The largest absolute Gasteiger partial charge is 0.312 e. The number of fused-ring (bicyclic) bond motifs is 1. The highest BCUT2D eigenvalue weighted by molar-refractivity contribution is 6.05. The lowest BCUT2D eigenvalue weighted by molar-refractivity contribution is -0.124. The minimum Gasteiger partial charge on any atom is -0.312 e. The van der Waals surface area contributed by atoms with Crippen LogP contribution in [0.15, 0.2) is 54.9 Å². The molecule has 3 heterocycles. The predicted molar refractivity (Wildman–Crippen MR) is 129 cm³/mol. The lowest BCUT2D eigenvalue weighted by Crippen LogP contribution is -2.39. The van der Waals surface area contributed by atoms with Gasteiger partial charge in [0.2, 0.25) is 11.8 Å². The Morgan fingerprint density at radius 2 is 2.03 bits per heavy atom. The van der Waals surface area contributed by atoms with Gasteiger partial charge in [-0.05, 0) is 41.0 Å². The lowest BCUT2D eigenvalue weighted by Gasteiger charge is -2.23. The number of carbonyl (C=O) groups excluding carboxylic acids is 2. The predicted octanol–water partition coefficient (Wildman–Crippen LogP) is 3.56. The molecule has 1 aromatic heterocycles. The van der Waals surface area contributed by atoms with Gasteiger partial charge in [-0.15, -0.1) is 0 Å². The van der Waals surface area contributed by atoms with Gasteiger partial charge < -0.3 is 9.80 Å². The Bertz CT molecular complexity index is 1330. The molecule has 0 bridgehead atoms. The fourth-order valence-electron chi connectivity index (χ4n) is 5.12. The summed E-state index contributed by atoms with van der Waals surface area (Å²) in [4.78, 5) is 29.9. The monoisotopic (exact) mass is 453 g/mol. The van der Waals surface area contributed by atoms with Crippen LogP contribution in [-0.4, -0.2) is 34.7 Å². The molecule has 172 valence electrons. The van der Waals surface area contributed by atoms with E-state index in [1.807, 2.05) is 36.5 Å². The highest BCUT2D eigenvalue weighted by Gasteiger charge is 2.43. The first-order valence-electron chi connectivity index (χ1n) is 11.5. The average molecular weight is 454 g/mol. The minimum atomic E-state index is -0.407. The van der Waals surface area contributed by atoms with Crippen molar-refractivity contribution >= 4 is 23.2 Å². The standard InChI is InChI=1S/C27H27N5O2/c1-27(2)17-32(24-8-7-18(11-23(24)27)9-20-14-29-30(3)15-20)26(34)21-12-25(33)31(16-21)22-6-4-5-19(10-22)13-28/h4-8,10-11,14-15,21H,9,12,16-17H2,1-3H3. The van der Waals surface area contributed by atoms with Crippen LogP contribution >= 0.6 is 0 Å². The zero-order valence-electron chi connectivity index (χ0n) is 19.7. The molecule has 0 radical (unpaired) electrons. The van der Waals surface area contributed by atoms with Crippen molar-refractivity contribution in [3.05, 3.63) is 77.1 Å². The molecule has 2 aliphatic heterocycles. The van der Waals surface area contributed by atoms with Gasteiger partial charge in [-0.1, -0.05) is 32.0 Å². The molecule has 0 N–H and O–H groups in total.